The van der Waals surface area contributed by atoms with Crippen molar-refractivity contribution in [2.24, 2.45) is 0 Å². The highest BCUT2D eigenvalue weighted by molar-refractivity contribution is 9.48. The molecule has 0 heterocycles. The van der Waals surface area contributed by atoms with Crippen molar-refractivity contribution in [2.45, 2.75) is 39.8 Å². The van der Waals surface area contributed by atoms with Crippen molar-refractivity contribution in [3.8, 4) is 0 Å². The highest BCUT2D eigenvalue weighted by atomic mass is 79.9. The van der Waals surface area contributed by atoms with Gasteiger partial charge >= 0.3 is 0 Å². The fraction of sp³-hybridized carbons (Fsp3) is 1.00. The summed E-state index contributed by atoms with van der Waals surface area (Å²) in [6.45, 7) is 8.90. The van der Waals surface area contributed by atoms with Crippen molar-refractivity contribution in [2.75, 3.05) is 0 Å². The molecule has 0 amide bonds. The van der Waals surface area contributed by atoms with E-state index in [1.54, 1.807) is 0 Å². The zero-order valence-electron chi connectivity index (χ0n) is 6.94. The average molecular weight is 289 g/mol. The average Bonchev–Trinajstić information content (AvgIpc) is 1.59. The molecule has 10 heavy (non-hydrogen) atoms. The molecule has 0 radical (unpaired) electrons. The maximum Gasteiger partial charge on any atom is 0.258 e. The molecule has 0 unspecified atom stereocenters. The molecule has 62 valence electrons. The van der Waals surface area contributed by atoms with E-state index in [2.05, 4.69) is 62.8 Å². The Morgan fingerprint density at radius 2 is 1.30 bits per heavy atom. The van der Waals surface area contributed by atoms with Gasteiger partial charge < -0.3 is 4.57 Å². The second-order valence-corrected chi connectivity index (χ2v) is 13.0. The third-order valence-electron chi connectivity index (χ3n) is 1.42. The second kappa shape index (κ2) is 4.90. The molecule has 0 saturated heterocycles. The van der Waals surface area contributed by atoms with Gasteiger partial charge in [0.15, 0.2) is 0 Å². The lowest BCUT2D eigenvalue weighted by Gasteiger charge is -2.31. The topological polar surface area (TPSA) is 3.24 Å². The second-order valence-electron chi connectivity index (χ2n) is 2.91. The predicted octanol–water partition coefficient (Wildman–Crippen LogP) is 2.61. The number of hydrogen-bond acceptors (Lipinski definition) is 1. The molecule has 0 bridgehead atoms. The van der Waals surface area contributed by atoms with Crippen molar-refractivity contribution in [1.29, 1.82) is 0 Å². The van der Waals surface area contributed by atoms with Crippen LogP contribution in [-0.4, -0.2) is 22.8 Å². The van der Waals surface area contributed by atoms with E-state index in [4.69, 9.17) is 0 Å². The minimum Gasteiger partial charge on any atom is -0.305 e. The molecule has 0 rings (SSSR count). The Balaban J connectivity index is 3.98. The lowest BCUT2D eigenvalue weighted by molar-refractivity contribution is 0.316. The van der Waals surface area contributed by atoms with Crippen LogP contribution in [-0.2, 0) is 0 Å². The zero-order valence-corrected chi connectivity index (χ0v) is 11.3. The standard InChI is InChI=1S/C6H15Br2NSi/c1-5(2)9(6(3)4)10(7)8/h5-6,10H,1-4H3. The first-order valence-electron chi connectivity index (χ1n) is 3.52. The first kappa shape index (κ1) is 11.1. The summed E-state index contributed by atoms with van der Waals surface area (Å²) in [5, 5.41) is 0. The first-order valence-corrected chi connectivity index (χ1v) is 10.4. The van der Waals surface area contributed by atoms with Crippen molar-refractivity contribution in [3.63, 3.8) is 0 Å². The van der Waals surface area contributed by atoms with Crippen LogP contribution in [0.2, 0.25) is 0 Å². The van der Waals surface area contributed by atoms with E-state index in [1.807, 2.05) is 0 Å². The number of hydrogen-bond donors (Lipinski definition) is 0. The van der Waals surface area contributed by atoms with Gasteiger partial charge in [0.05, 0.1) is 0 Å². The van der Waals surface area contributed by atoms with E-state index in [-0.39, 0.29) is 0 Å². The van der Waals surface area contributed by atoms with Gasteiger partial charge in [-0.05, 0) is 12.1 Å². The predicted molar refractivity (Wildman–Crippen MR) is 57.1 cm³/mol. The Kier molecular flexibility index (Phi) is 5.46. The van der Waals surface area contributed by atoms with Crippen LogP contribution >= 0.6 is 30.6 Å². The summed E-state index contributed by atoms with van der Waals surface area (Å²) in [5.41, 5.74) is 0. The molecule has 0 spiro atoms. The third kappa shape index (κ3) is 3.51. The van der Waals surface area contributed by atoms with E-state index in [1.165, 1.54) is 0 Å². The van der Waals surface area contributed by atoms with Gasteiger partial charge in [-0.15, -0.1) is 0 Å². The Morgan fingerprint density at radius 1 is 1.00 bits per heavy atom. The Hall–Kier alpha value is 1.14. The van der Waals surface area contributed by atoms with Crippen molar-refractivity contribution < 1.29 is 0 Å². The summed E-state index contributed by atoms with van der Waals surface area (Å²) < 4.78 is 2.47. The van der Waals surface area contributed by atoms with Gasteiger partial charge in [0.1, 0.15) is 0 Å². The summed E-state index contributed by atoms with van der Waals surface area (Å²) in [7, 11) is 0. The van der Waals surface area contributed by atoms with Crippen LogP contribution in [0.4, 0.5) is 0 Å². The largest absolute Gasteiger partial charge is 0.305 e. The fourth-order valence-corrected chi connectivity index (χ4v) is 7.62. The fourth-order valence-electron chi connectivity index (χ4n) is 1.05. The number of halogens is 2. The molecule has 0 fully saturated rings. The van der Waals surface area contributed by atoms with Crippen LogP contribution in [0.5, 0.6) is 0 Å². The maximum atomic E-state index is 3.62. The monoisotopic (exact) mass is 287 g/mol. The SMILES string of the molecule is CC(C)N(C(C)C)[SiH](Br)Br. The first-order chi connectivity index (χ1) is 4.46. The molecule has 0 aromatic heterocycles. The lowest BCUT2D eigenvalue weighted by Crippen LogP contribution is -2.42. The van der Waals surface area contributed by atoms with Crippen molar-refractivity contribution >= 4 is 36.8 Å². The van der Waals surface area contributed by atoms with Crippen LogP contribution < -0.4 is 0 Å². The molecule has 0 N–H and O–H groups in total. The molecule has 0 aromatic carbocycles. The van der Waals surface area contributed by atoms with Crippen molar-refractivity contribution in [3.05, 3.63) is 0 Å². The maximum absolute atomic E-state index is 3.62. The minimum absolute atomic E-state index is 0.635. The van der Waals surface area contributed by atoms with Gasteiger partial charge in [-0.1, -0.05) is 58.3 Å². The lowest BCUT2D eigenvalue weighted by atomic mass is 10.3. The molecule has 0 aliphatic rings. The highest BCUT2D eigenvalue weighted by Gasteiger charge is 2.19. The van der Waals surface area contributed by atoms with E-state index >= 15 is 0 Å². The Labute approximate surface area is 81.0 Å². The molecule has 0 atom stereocenters. The Bertz CT molecular complexity index is 76.7. The quantitative estimate of drug-likeness (QED) is 0.570. The Morgan fingerprint density at radius 3 is 1.30 bits per heavy atom. The van der Waals surface area contributed by atoms with Gasteiger partial charge in [-0.25, -0.2) is 0 Å². The summed E-state index contributed by atoms with van der Waals surface area (Å²) >= 11 is 7.25. The third-order valence-corrected chi connectivity index (χ3v) is 5.90. The summed E-state index contributed by atoms with van der Waals surface area (Å²) in [5.74, 6) is 0. The molecular weight excluding hydrogens is 274 g/mol. The molecule has 0 saturated carbocycles. The molecule has 1 nitrogen and oxygen atoms in total. The summed E-state index contributed by atoms with van der Waals surface area (Å²) in [6.07, 6.45) is -0.943. The van der Waals surface area contributed by atoms with E-state index in [9.17, 15) is 0 Å². The normalized spacial score (nSPS) is 12.6. The van der Waals surface area contributed by atoms with Gasteiger partial charge in [-0.2, -0.15) is 0 Å². The van der Waals surface area contributed by atoms with Crippen molar-refractivity contribution in [1.82, 2.24) is 4.57 Å². The van der Waals surface area contributed by atoms with E-state index in [0.29, 0.717) is 12.1 Å². The minimum atomic E-state index is -0.943. The van der Waals surface area contributed by atoms with Crippen LogP contribution in [0.15, 0.2) is 0 Å². The molecule has 0 aliphatic heterocycles. The molecule has 0 aromatic rings. The molecule has 0 aliphatic carbocycles. The van der Waals surface area contributed by atoms with Gasteiger partial charge in [-0.3, -0.25) is 0 Å². The van der Waals surface area contributed by atoms with Crippen LogP contribution in [0.1, 0.15) is 27.7 Å². The van der Waals surface area contributed by atoms with Gasteiger partial charge in [0.25, 0.3) is 6.20 Å². The van der Waals surface area contributed by atoms with Gasteiger partial charge in [0, 0.05) is 0 Å². The van der Waals surface area contributed by atoms with E-state index < -0.39 is 6.20 Å². The highest BCUT2D eigenvalue weighted by Crippen LogP contribution is 2.16. The summed E-state index contributed by atoms with van der Waals surface area (Å²) in [6, 6.07) is 1.27. The number of rotatable bonds is 3. The molecular formula is C6H15Br2NSi. The molecule has 4 heteroatoms. The smallest absolute Gasteiger partial charge is 0.258 e. The zero-order chi connectivity index (χ0) is 8.31. The van der Waals surface area contributed by atoms with Crippen LogP contribution in [0.3, 0.4) is 0 Å². The summed E-state index contributed by atoms with van der Waals surface area (Å²) in [4.78, 5) is 0. The van der Waals surface area contributed by atoms with Crippen LogP contribution in [0.25, 0.3) is 0 Å². The van der Waals surface area contributed by atoms with E-state index in [0.717, 1.165) is 0 Å². The van der Waals surface area contributed by atoms with Gasteiger partial charge in [0.2, 0.25) is 0 Å². The number of nitrogens with zero attached hydrogens (tertiary/aromatic N) is 1. The van der Waals surface area contributed by atoms with Crippen LogP contribution in [0, 0.1) is 0 Å².